The molecule has 0 aliphatic rings. The molecule has 0 aliphatic carbocycles. The van der Waals surface area contributed by atoms with E-state index < -0.39 is 30.2 Å². The highest BCUT2D eigenvalue weighted by Crippen LogP contribution is 2.54. The van der Waals surface area contributed by atoms with E-state index >= 15 is 0 Å². The number of para-hydroxylation sites is 2. The quantitative estimate of drug-likeness (QED) is 0.215. The molecule has 2 N–H and O–H groups in total. The lowest BCUT2D eigenvalue weighted by molar-refractivity contribution is -0.137. The fraction of sp³-hybridized carbons (Fsp3) is 0.0357. The minimum absolute atomic E-state index is 0.00842. The second-order valence-corrected chi connectivity index (χ2v) is 10.0. The highest BCUT2D eigenvalue weighted by Gasteiger charge is 2.42. The van der Waals surface area contributed by atoms with Crippen LogP contribution in [0.1, 0.15) is 5.56 Å². The molecule has 5 nitrogen and oxygen atoms in total. The van der Waals surface area contributed by atoms with Crippen LogP contribution in [0.3, 0.4) is 0 Å². The van der Waals surface area contributed by atoms with Gasteiger partial charge in [0, 0.05) is 45.8 Å². The van der Waals surface area contributed by atoms with Crippen LogP contribution in [-0.2, 0) is 10.7 Å². The van der Waals surface area contributed by atoms with E-state index in [1.165, 1.54) is 18.2 Å². The second-order valence-electron chi connectivity index (χ2n) is 8.60. The van der Waals surface area contributed by atoms with Crippen molar-refractivity contribution in [2.24, 2.45) is 0 Å². The Labute approximate surface area is 221 Å². The second kappa shape index (κ2) is 9.80. The van der Waals surface area contributed by atoms with E-state index in [9.17, 15) is 27.6 Å². The van der Waals surface area contributed by atoms with Crippen molar-refractivity contribution >= 4 is 48.2 Å². The van der Waals surface area contributed by atoms with Crippen molar-refractivity contribution in [2.75, 3.05) is 0 Å². The summed E-state index contributed by atoms with van der Waals surface area (Å²) in [6.45, 7) is 0. The van der Waals surface area contributed by atoms with Crippen LogP contribution < -0.4 is 9.81 Å². The van der Waals surface area contributed by atoms with E-state index in [4.69, 9.17) is 11.6 Å². The van der Waals surface area contributed by atoms with Crippen molar-refractivity contribution in [3.8, 4) is 16.9 Å². The summed E-state index contributed by atoms with van der Waals surface area (Å²) in [5, 5.41) is 11.1. The number of pyridine rings is 1. The monoisotopic (exact) mass is 555 g/mol. The lowest BCUT2D eigenvalue weighted by atomic mass is 9.95. The molecule has 4 aromatic carbocycles. The van der Waals surface area contributed by atoms with Crippen molar-refractivity contribution in [1.82, 2.24) is 9.24 Å². The van der Waals surface area contributed by atoms with Gasteiger partial charge in [0.2, 0.25) is 14.3 Å². The molecule has 1 aromatic heterocycles. The van der Waals surface area contributed by atoms with Gasteiger partial charge >= 0.3 is 11.7 Å². The van der Waals surface area contributed by atoms with Crippen LogP contribution in [0.2, 0.25) is 5.02 Å². The van der Waals surface area contributed by atoms with Crippen molar-refractivity contribution in [2.45, 2.75) is 6.18 Å². The molecular weight excluding hydrogens is 536 g/mol. The minimum Gasteiger partial charge on any atom is -0.507 e. The number of aromatic amines is 1. The van der Waals surface area contributed by atoms with Gasteiger partial charge in [-0.2, -0.15) is 17.4 Å². The zero-order valence-electron chi connectivity index (χ0n) is 19.5. The number of quaternary nitrogens is 1. The molecule has 0 radical (unpaired) electrons. The Kier molecular flexibility index (Phi) is 6.65. The summed E-state index contributed by atoms with van der Waals surface area (Å²) in [6, 6.07) is 24.2. The Balaban J connectivity index is 2.06. The van der Waals surface area contributed by atoms with Crippen LogP contribution in [-0.4, -0.2) is 10.1 Å². The van der Waals surface area contributed by atoms with Crippen LogP contribution in [0.5, 0.6) is 5.75 Å². The van der Waals surface area contributed by atoms with E-state index in [0.29, 0.717) is 11.4 Å². The number of phenolic OH excluding ortho intramolecular Hbond substituents is 1. The molecule has 0 saturated heterocycles. The molecule has 38 heavy (non-hydrogen) atoms. The maximum Gasteiger partial charge on any atom is 0.416 e. The molecule has 0 aliphatic heterocycles. The molecule has 192 valence electrons. The van der Waals surface area contributed by atoms with Crippen LogP contribution in [0.15, 0.2) is 102 Å². The number of rotatable bonds is 5. The molecule has 1 unspecified atom stereocenters. The number of halogens is 4. The molecule has 0 saturated carbocycles. The molecule has 0 amide bonds. The Bertz CT molecular complexity index is 1690. The standard InChI is InChI=1S/C28H19ClF3N2O3P/c29-18-12-14-24(35)22(16-18)25-21-15-17(28(30,31)32)11-13-23(21)33-27(36)26(25)34(38-37,19-7-3-1-4-8-19)20-9-5-2-6-10-20/h1-16H,38H2,(H-,33,35,36)/p+1. The molecular formula is C28H20ClF3N2O3P+. The van der Waals surface area contributed by atoms with E-state index in [2.05, 4.69) is 4.98 Å². The van der Waals surface area contributed by atoms with Gasteiger partial charge in [0.25, 0.3) is 0 Å². The number of nitrogens with zero attached hydrogens (tertiary/aromatic N) is 1. The third kappa shape index (κ3) is 4.31. The number of phenols is 1. The predicted molar refractivity (Wildman–Crippen MR) is 146 cm³/mol. The number of H-pyrrole nitrogens is 1. The van der Waals surface area contributed by atoms with Crippen LogP contribution in [0, 0.1) is 0 Å². The predicted octanol–water partition coefficient (Wildman–Crippen LogP) is 8.21. The first-order chi connectivity index (χ1) is 18.2. The minimum atomic E-state index is -4.67. The Hall–Kier alpha value is -3.84. The molecule has 5 aromatic rings. The first-order valence-corrected chi connectivity index (χ1v) is 12.8. The van der Waals surface area contributed by atoms with Gasteiger partial charge in [0.15, 0.2) is 0 Å². The number of aromatic nitrogens is 1. The van der Waals surface area contributed by atoms with Gasteiger partial charge in [0.05, 0.1) is 11.1 Å². The zero-order valence-corrected chi connectivity index (χ0v) is 21.4. The van der Waals surface area contributed by atoms with E-state index in [0.717, 1.165) is 18.2 Å². The molecule has 0 bridgehead atoms. The van der Waals surface area contributed by atoms with Gasteiger partial charge in [-0.15, -0.1) is 0 Å². The largest absolute Gasteiger partial charge is 0.507 e. The van der Waals surface area contributed by atoms with Gasteiger partial charge in [-0.25, -0.2) is 0 Å². The SMILES string of the molecule is O=[PH2][N+](c1ccccc1)(c1ccccc1)c1c(-c2cc(Cl)ccc2O)c2cc(C(F)(F)F)ccc2[nH]c1=O. The number of alkyl halides is 3. The number of aromatic hydroxyl groups is 1. The number of benzene rings is 4. The maximum atomic E-state index is 13.9. The number of fused-ring (bicyclic) bond motifs is 1. The molecule has 1 heterocycles. The van der Waals surface area contributed by atoms with Gasteiger partial charge in [0.1, 0.15) is 17.1 Å². The first kappa shape index (κ1) is 25.8. The number of hydrogen-bond acceptors (Lipinski definition) is 3. The summed E-state index contributed by atoms with van der Waals surface area (Å²) >= 11 is 6.26. The summed E-state index contributed by atoms with van der Waals surface area (Å²) in [4.78, 5) is 16.6. The summed E-state index contributed by atoms with van der Waals surface area (Å²) in [6.07, 6.45) is -4.67. The van der Waals surface area contributed by atoms with Crippen molar-refractivity contribution < 1.29 is 22.8 Å². The summed E-state index contributed by atoms with van der Waals surface area (Å²) in [7, 11) is -1.87. The fourth-order valence-electron chi connectivity index (χ4n) is 4.68. The normalized spacial score (nSPS) is 12.4. The highest BCUT2D eigenvalue weighted by molar-refractivity contribution is 7.25. The molecule has 5 rings (SSSR count). The molecule has 1 atom stereocenters. The Morgan fingerprint density at radius 2 is 1.45 bits per heavy atom. The highest BCUT2D eigenvalue weighted by atomic mass is 35.5. The van der Waals surface area contributed by atoms with Crippen LogP contribution in [0.25, 0.3) is 22.0 Å². The average Bonchev–Trinajstić information content (AvgIpc) is 2.91. The van der Waals surface area contributed by atoms with Crippen LogP contribution >= 0.6 is 20.2 Å². The smallest absolute Gasteiger partial charge is 0.416 e. The van der Waals surface area contributed by atoms with E-state index in [1.807, 2.05) is 0 Å². The molecule has 0 fully saturated rings. The zero-order chi connectivity index (χ0) is 27.1. The Morgan fingerprint density at radius 1 is 0.842 bits per heavy atom. The van der Waals surface area contributed by atoms with Crippen LogP contribution in [0.4, 0.5) is 30.2 Å². The number of hydrogen-bond donors (Lipinski definition) is 2. The van der Waals surface area contributed by atoms with E-state index in [-0.39, 0.29) is 38.5 Å². The van der Waals surface area contributed by atoms with Gasteiger partial charge in [-0.1, -0.05) is 48.0 Å². The molecule has 0 spiro atoms. The summed E-state index contributed by atoms with van der Waals surface area (Å²) < 4.78 is 54.3. The third-order valence-corrected chi connectivity index (χ3v) is 7.79. The average molecular weight is 556 g/mol. The molecule has 10 heteroatoms. The van der Waals surface area contributed by atoms with Gasteiger partial charge in [-0.05, 0) is 36.4 Å². The maximum absolute atomic E-state index is 13.9. The topological polar surface area (TPSA) is 70.2 Å². The summed E-state index contributed by atoms with van der Waals surface area (Å²) in [5.74, 6) is -0.305. The van der Waals surface area contributed by atoms with Gasteiger partial charge in [-0.3, -0.25) is 9.36 Å². The van der Waals surface area contributed by atoms with Crippen molar-refractivity contribution in [1.29, 1.82) is 0 Å². The summed E-state index contributed by atoms with van der Waals surface area (Å²) in [5.41, 5.74) is -0.707. The van der Waals surface area contributed by atoms with Crippen molar-refractivity contribution in [3.63, 3.8) is 0 Å². The lowest BCUT2D eigenvalue weighted by Crippen LogP contribution is -2.34. The number of nitrogens with one attached hydrogen (secondary N) is 1. The first-order valence-electron chi connectivity index (χ1n) is 11.4. The van der Waals surface area contributed by atoms with Crippen molar-refractivity contribution in [3.05, 3.63) is 118 Å². The third-order valence-electron chi connectivity index (χ3n) is 6.38. The van der Waals surface area contributed by atoms with Gasteiger partial charge < -0.3 is 10.1 Å². The Morgan fingerprint density at radius 3 is 2.00 bits per heavy atom. The lowest BCUT2D eigenvalue weighted by Gasteiger charge is -2.33. The van der Waals surface area contributed by atoms with E-state index in [1.54, 1.807) is 60.7 Å². The fourth-order valence-corrected chi connectivity index (χ4v) is 5.80.